The molecule has 1 aliphatic carbocycles. The molecule has 0 bridgehead atoms. The van der Waals surface area contributed by atoms with Gasteiger partial charge in [0.05, 0.1) is 0 Å². The Labute approximate surface area is 176 Å². The third kappa shape index (κ3) is 4.39. The lowest BCUT2D eigenvalue weighted by molar-refractivity contribution is -0.137. The highest BCUT2D eigenvalue weighted by molar-refractivity contribution is 5.79. The van der Waals surface area contributed by atoms with Crippen molar-refractivity contribution in [1.82, 2.24) is 14.7 Å². The molecule has 0 spiro atoms. The van der Waals surface area contributed by atoms with Gasteiger partial charge in [0.2, 0.25) is 5.91 Å². The molecule has 0 N–H and O–H groups in total. The zero-order valence-electron chi connectivity index (χ0n) is 18.0. The number of carbonyl (C=O) groups excluding carboxylic acids is 1. The Morgan fingerprint density at radius 1 is 0.897 bits per heavy atom. The third-order valence-electron chi connectivity index (χ3n) is 7.88. The van der Waals surface area contributed by atoms with Gasteiger partial charge in [0.15, 0.2) is 0 Å². The van der Waals surface area contributed by atoms with Crippen molar-refractivity contribution in [2.75, 3.05) is 32.7 Å². The molecule has 3 aliphatic heterocycles. The molecule has 158 valence electrons. The van der Waals surface area contributed by atoms with E-state index in [0.29, 0.717) is 11.8 Å². The Kier molecular flexibility index (Phi) is 5.92. The van der Waals surface area contributed by atoms with E-state index < -0.39 is 0 Å². The Balaban J connectivity index is 1.19. The zero-order valence-corrected chi connectivity index (χ0v) is 18.0. The van der Waals surface area contributed by atoms with Crippen molar-refractivity contribution >= 4 is 5.91 Å². The van der Waals surface area contributed by atoms with Gasteiger partial charge in [-0.1, -0.05) is 43.9 Å². The van der Waals surface area contributed by atoms with Crippen molar-refractivity contribution in [3.8, 4) is 0 Å². The molecule has 3 heterocycles. The van der Waals surface area contributed by atoms with Crippen LogP contribution >= 0.6 is 0 Å². The summed E-state index contributed by atoms with van der Waals surface area (Å²) >= 11 is 0. The van der Waals surface area contributed by atoms with Crippen LogP contribution in [0.1, 0.15) is 68.1 Å². The van der Waals surface area contributed by atoms with Gasteiger partial charge in [0, 0.05) is 51.2 Å². The van der Waals surface area contributed by atoms with Crippen LogP contribution in [0.3, 0.4) is 0 Å². The third-order valence-corrected chi connectivity index (χ3v) is 7.88. The lowest BCUT2D eigenvalue weighted by Crippen LogP contribution is -2.54. The molecule has 3 fully saturated rings. The van der Waals surface area contributed by atoms with Gasteiger partial charge < -0.3 is 4.90 Å². The molecular formula is C25H37N3O. The highest BCUT2D eigenvalue weighted by Crippen LogP contribution is 2.29. The van der Waals surface area contributed by atoms with Gasteiger partial charge in [-0.2, -0.15) is 0 Å². The van der Waals surface area contributed by atoms with Gasteiger partial charge in [-0.3, -0.25) is 14.6 Å². The number of amides is 1. The molecule has 1 aromatic rings. The average Bonchev–Trinajstić information content (AvgIpc) is 2.79. The predicted octanol–water partition coefficient (Wildman–Crippen LogP) is 3.82. The second-order valence-electron chi connectivity index (χ2n) is 9.87. The number of piperidine rings is 1. The second kappa shape index (κ2) is 8.77. The fourth-order valence-corrected chi connectivity index (χ4v) is 6.12. The van der Waals surface area contributed by atoms with Crippen LogP contribution in [0.4, 0.5) is 0 Å². The first-order valence-corrected chi connectivity index (χ1v) is 12.1. The lowest BCUT2D eigenvalue weighted by Gasteiger charge is -2.44. The number of benzene rings is 1. The first kappa shape index (κ1) is 19.6. The van der Waals surface area contributed by atoms with Crippen LogP contribution in [-0.4, -0.2) is 59.4 Å². The van der Waals surface area contributed by atoms with Gasteiger partial charge >= 0.3 is 0 Å². The van der Waals surface area contributed by atoms with Gasteiger partial charge in [-0.15, -0.1) is 0 Å². The smallest absolute Gasteiger partial charge is 0.225 e. The van der Waals surface area contributed by atoms with E-state index in [2.05, 4.69) is 32.9 Å². The normalized spacial score (nSPS) is 26.8. The minimum atomic E-state index is 0.294. The van der Waals surface area contributed by atoms with E-state index in [1.807, 2.05) is 0 Å². The van der Waals surface area contributed by atoms with Crippen molar-refractivity contribution in [2.45, 2.75) is 76.9 Å². The molecular weight excluding hydrogens is 358 g/mol. The summed E-state index contributed by atoms with van der Waals surface area (Å²) in [6.45, 7) is 7.82. The summed E-state index contributed by atoms with van der Waals surface area (Å²) in [4.78, 5) is 20.4. The molecule has 2 saturated heterocycles. The van der Waals surface area contributed by atoms with E-state index in [1.165, 1.54) is 81.4 Å². The van der Waals surface area contributed by atoms with E-state index in [0.717, 1.165) is 44.9 Å². The molecule has 1 amide bonds. The predicted molar refractivity (Wildman–Crippen MR) is 117 cm³/mol. The molecule has 0 aromatic heterocycles. The maximum Gasteiger partial charge on any atom is 0.225 e. The minimum absolute atomic E-state index is 0.294. The van der Waals surface area contributed by atoms with E-state index in [1.54, 1.807) is 0 Å². The van der Waals surface area contributed by atoms with Gasteiger partial charge in [0.25, 0.3) is 0 Å². The summed E-state index contributed by atoms with van der Waals surface area (Å²) in [5.74, 6) is 0.716. The number of carbonyl (C=O) groups is 1. The van der Waals surface area contributed by atoms with E-state index in [-0.39, 0.29) is 0 Å². The van der Waals surface area contributed by atoms with Crippen LogP contribution in [0.5, 0.6) is 0 Å². The summed E-state index contributed by atoms with van der Waals surface area (Å²) in [6, 6.07) is 7.85. The Morgan fingerprint density at radius 3 is 2.66 bits per heavy atom. The monoisotopic (exact) mass is 395 g/mol. The maximum atomic E-state index is 12.9. The van der Waals surface area contributed by atoms with Gasteiger partial charge in [0.1, 0.15) is 0 Å². The Morgan fingerprint density at radius 2 is 1.76 bits per heavy atom. The lowest BCUT2D eigenvalue weighted by atomic mass is 9.87. The van der Waals surface area contributed by atoms with Crippen LogP contribution in [0, 0.1) is 5.92 Å². The summed E-state index contributed by atoms with van der Waals surface area (Å²) in [5, 5.41) is 0. The molecule has 5 rings (SSSR count). The fourth-order valence-electron chi connectivity index (χ4n) is 6.12. The number of fused-ring (bicyclic) bond motifs is 2. The van der Waals surface area contributed by atoms with Gasteiger partial charge in [-0.25, -0.2) is 0 Å². The van der Waals surface area contributed by atoms with Crippen molar-refractivity contribution in [2.24, 2.45) is 5.92 Å². The number of nitrogens with zero attached hydrogens (tertiary/aromatic N) is 3. The van der Waals surface area contributed by atoms with Crippen LogP contribution in [-0.2, 0) is 24.3 Å². The molecule has 1 unspecified atom stereocenters. The number of piperazine rings is 1. The van der Waals surface area contributed by atoms with Crippen molar-refractivity contribution in [3.05, 3.63) is 34.9 Å². The number of hydrogen-bond donors (Lipinski definition) is 0. The summed E-state index contributed by atoms with van der Waals surface area (Å²) in [5.41, 5.74) is 4.31. The average molecular weight is 396 g/mol. The van der Waals surface area contributed by atoms with Crippen LogP contribution in [0.2, 0.25) is 0 Å². The first-order valence-electron chi connectivity index (χ1n) is 12.1. The van der Waals surface area contributed by atoms with Crippen LogP contribution in [0.25, 0.3) is 0 Å². The summed E-state index contributed by atoms with van der Waals surface area (Å²) < 4.78 is 0. The fraction of sp³-hybridized carbons (Fsp3) is 0.720. The molecule has 1 atom stereocenters. The molecule has 1 saturated carbocycles. The van der Waals surface area contributed by atoms with Crippen LogP contribution < -0.4 is 0 Å². The minimum Gasteiger partial charge on any atom is -0.338 e. The first-order chi connectivity index (χ1) is 14.3. The highest BCUT2D eigenvalue weighted by atomic mass is 16.2. The van der Waals surface area contributed by atoms with Gasteiger partial charge in [-0.05, 0) is 55.3 Å². The molecule has 4 aliphatic rings. The maximum absolute atomic E-state index is 12.9. The Hall–Kier alpha value is -1.39. The molecule has 4 heteroatoms. The SMILES string of the molecule is O=C(C1CCCCC1)N1CCc2cc(CN3CCN4CCCCC4C3)ccc2C1. The van der Waals surface area contributed by atoms with E-state index in [9.17, 15) is 4.79 Å². The molecule has 4 nitrogen and oxygen atoms in total. The van der Waals surface area contributed by atoms with Crippen molar-refractivity contribution in [3.63, 3.8) is 0 Å². The van der Waals surface area contributed by atoms with E-state index in [4.69, 9.17) is 0 Å². The zero-order chi connectivity index (χ0) is 19.6. The summed E-state index contributed by atoms with van der Waals surface area (Å²) in [7, 11) is 0. The standard InChI is InChI=1S/C25H37N3O/c29-25(21-6-2-1-3-7-21)28-13-11-22-16-20(9-10-23(22)18-28)17-26-14-15-27-12-5-4-8-24(27)19-26/h9-10,16,21,24H,1-8,11-15,17-19H2. The molecule has 0 radical (unpaired) electrons. The largest absolute Gasteiger partial charge is 0.338 e. The van der Waals surface area contributed by atoms with E-state index >= 15 is 0 Å². The number of rotatable bonds is 3. The molecule has 29 heavy (non-hydrogen) atoms. The highest BCUT2D eigenvalue weighted by Gasteiger charge is 2.30. The second-order valence-corrected chi connectivity index (χ2v) is 9.87. The quantitative estimate of drug-likeness (QED) is 0.778. The van der Waals surface area contributed by atoms with Crippen LogP contribution in [0.15, 0.2) is 18.2 Å². The summed E-state index contributed by atoms with van der Waals surface area (Å²) in [6.07, 6.45) is 11.2. The van der Waals surface area contributed by atoms with Crippen molar-refractivity contribution < 1.29 is 4.79 Å². The Bertz CT molecular complexity index is 727. The van der Waals surface area contributed by atoms with Crippen molar-refractivity contribution in [1.29, 1.82) is 0 Å². The molecule has 1 aromatic carbocycles. The number of hydrogen-bond acceptors (Lipinski definition) is 3. The topological polar surface area (TPSA) is 26.8 Å².